The maximum atomic E-state index is 12.4. The molecule has 0 aliphatic carbocycles. The zero-order chi connectivity index (χ0) is 15.0. The number of hydrogen-bond donors (Lipinski definition) is 1. The average molecular weight is 287 g/mol. The second kappa shape index (κ2) is 4.72. The van der Waals surface area contributed by atoms with Crippen LogP contribution in [0.4, 0.5) is 26.3 Å². The summed E-state index contributed by atoms with van der Waals surface area (Å²) in [5.41, 5.74) is -4.47. The van der Waals surface area contributed by atoms with Gasteiger partial charge in [-0.05, 0) is 23.8 Å². The van der Waals surface area contributed by atoms with Crippen molar-refractivity contribution in [2.75, 3.05) is 0 Å². The highest BCUT2D eigenvalue weighted by Gasteiger charge is 2.37. The fourth-order valence-corrected chi connectivity index (χ4v) is 1.27. The molecule has 3 nitrogen and oxygen atoms in total. The third-order valence-electron chi connectivity index (χ3n) is 2.15. The van der Waals surface area contributed by atoms with Crippen LogP contribution in [0.2, 0.25) is 0 Å². The van der Waals surface area contributed by atoms with E-state index in [9.17, 15) is 36.2 Å². The molecular weight excluding hydrogens is 282 g/mol. The predicted octanol–water partition coefficient (Wildman–Crippen LogP) is 1.51. The summed E-state index contributed by atoms with van der Waals surface area (Å²) in [6.45, 7) is 0. The Morgan fingerprint density at radius 3 is 1.63 bits per heavy atom. The van der Waals surface area contributed by atoms with Gasteiger partial charge in [-0.15, -0.1) is 0 Å². The molecule has 106 valence electrons. The van der Waals surface area contributed by atoms with Gasteiger partial charge in [-0.3, -0.25) is 0 Å². The van der Waals surface area contributed by atoms with Gasteiger partial charge in [-0.1, -0.05) is 0 Å². The van der Waals surface area contributed by atoms with Gasteiger partial charge in [0.25, 0.3) is 0 Å². The number of benzene rings is 1. The van der Waals surface area contributed by atoms with Crippen LogP contribution in [-0.4, -0.2) is 11.1 Å². The molecule has 0 bridgehead atoms. The lowest BCUT2D eigenvalue weighted by Gasteiger charge is -2.17. The van der Waals surface area contributed by atoms with Crippen molar-refractivity contribution in [1.29, 1.82) is 0 Å². The van der Waals surface area contributed by atoms with Gasteiger partial charge < -0.3 is 15.0 Å². The SMILES string of the molecule is O=C([O-])[C@H](O)c1cc(C(F)(F)F)cc(C(F)(F)F)c1. The van der Waals surface area contributed by atoms with Crippen molar-refractivity contribution in [1.82, 2.24) is 0 Å². The highest BCUT2D eigenvalue weighted by atomic mass is 19.4. The first-order valence-electron chi connectivity index (χ1n) is 4.61. The van der Waals surface area contributed by atoms with Gasteiger partial charge >= 0.3 is 12.4 Å². The third kappa shape index (κ3) is 3.60. The molecule has 19 heavy (non-hydrogen) atoms. The highest BCUT2D eigenvalue weighted by molar-refractivity contribution is 5.72. The van der Waals surface area contributed by atoms with E-state index < -0.39 is 41.1 Å². The van der Waals surface area contributed by atoms with Crippen LogP contribution < -0.4 is 5.11 Å². The van der Waals surface area contributed by atoms with E-state index in [0.29, 0.717) is 0 Å². The number of carbonyl (C=O) groups is 1. The van der Waals surface area contributed by atoms with Gasteiger partial charge in [0.2, 0.25) is 0 Å². The lowest BCUT2D eigenvalue weighted by molar-refractivity contribution is -0.315. The molecule has 0 saturated carbocycles. The van der Waals surface area contributed by atoms with E-state index in [2.05, 4.69) is 0 Å². The maximum Gasteiger partial charge on any atom is 0.416 e. The van der Waals surface area contributed by atoms with Crippen molar-refractivity contribution in [3.8, 4) is 0 Å². The largest absolute Gasteiger partial charge is 0.547 e. The van der Waals surface area contributed by atoms with E-state index >= 15 is 0 Å². The van der Waals surface area contributed by atoms with E-state index in [1.165, 1.54) is 0 Å². The number of carboxylic acid groups (broad SMARTS) is 1. The number of alkyl halides is 6. The second-order valence-electron chi connectivity index (χ2n) is 3.56. The first-order valence-corrected chi connectivity index (χ1v) is 4.61. The lowest BCUT2D eigenvalue weighted by atomic mass is 10.0. The number of aliphatic hydroxyl groups is 1. The summed E-state index contributed by atoms with van der Waals surface area (Å²) in [5.74, 6) is -2.20. The summed E-state index contributed by atoms with van der Waals surface area (Å²) in [6, 6.07) is 0.0664. The first-order chi connectivity index (χ1) is 8.43. The Hall–Kier alpha value is -1.77. The van der Waals surface area contributed by atoms with E-state index in [4.69, 9.17) is 5.11 Å². The van der Waals surface area contributed by atoms with Gasteiger partial charge in [-0.25, -0.2) is 0 Å². The Morgan fingerprint density at radius 1 is 1.00 bits per heavy atom. The van der Waals surface area contributed by atoms with Crippen molar-refractivity contribution in [3.05, 3.63) is 34.9 Å². The van der Waals surface area contributed by atoms with Gasteiger partial charge in [-0.2, -0.15) is 26.3 Å². The standard InChI is InChI=1S/C10H6F6O3/c11-9(12,13)5-1-4(7(17)8(18)19)2-6(3-5)10(14,15)16/h1-3,7,17H,(H,18,19)/p-1/t7-/m1/s1. The van der Waals surface area contributed by atoms with Crippen LogP contribution in [0, 0.1) is 0 Å². The molecule has 1 rings (SSSR count). The second-order valence-corrected chi connectivity index (χ2v) is 3.56. The van der Waals surface area contributed by atoms with Crippen LogP contribution in [0.1, 0.15) is 22.8 Å². The number of aliphatic carboxylic acids is 1. The zero-order valence-electron chi connectivity index (χ0n) is 8.84. The molecule has 0 radical (unpaired) electrons. The Bertz CT molecular complexity index is 459. The molecule has 1 atom stereocenters. The van der Waals surface area contributed by atoms with Gasteiger partial charge in [0, 0.05) is 0 Å². The van der Waals surface area contributed by atoms with E-state index in [1.807, 2.05) is 0 Å². The first kappa shape index (κ1) is 15.3. The van der Waals surface area contributed by atoms with E-state index in [1.54, 1.807) is 0 Å². The topological polar surface area (TPSA) is 60.4 Å². The Kier molecular flexibility index (Phi) is 3.80. The lowest BCUT2D eigenvalue weighted by Crippen LogP contribution is -2.30. The van der Waals surface area contributed by atoms with Crippen LogP contribution >= 0.6 is 0 Å². The fourth-order valence-electron chi connectivity index (χ4n) is 1.27. The minimum atomic E-state index is -5.11. The summed E-state index contributed by atoms with van der Waals surface area (Å²) in [4.78, 5) is 10.3. The molecular formula is C10H5F6O3-. The van der Waals surface area contributed by atoms with Gasteiger partial charge in [0.1, 0.15) is 6.10 Å². The molecule has 1 aromatic carbocycles. The molecule has 0 spiro atoms. The van der Waals surface area contributed by atoms with Crippen molar-refractivity contribution in [2.45, 2.75) is 18.5 Å². The quantitative estimate of drug-likeness (QED) is 0.839. The Balaban J connectivity index is 3.45. The van der Waals surface area contributed by atoms with Crippen molar-refractivity contribution in [2.24, 2.45) is 0 Å². The molecule has 0 saturated heterocycles. The summed E-state index contributed by atoms with van der Waals surface area (Å²) in [6.07, 6.45) is -12.8. The fraction of sp³-hybridized carbons (Fsp3) is 0.300. The maximum absolute atomic E-state index is 12.4. The minimum absolute atomic E-state index is 0.121. The third-order valence-corrected chi connectivity index (χ3v) is 2.15. The number of halogens is 6. The molecule has 9 heteroatoms. The number of carboxylic acids is 1. The number of hydrogen-bond acceptors (Lipinski definition) is 3. The number of rotatable bonds is 2. The monoisotopic (exact) mass is 287 g/mol. The van der Waals surface area contributed by atoms with Crippen LogP contribution in [0.15, 0.2) is 18.2 Å². The normalized spacial score (nSPS) is 14.3. The summed E-state index contributed by atoms with van der Waals surface area (Å²) < 4.78 is 74.3. The van der Waals surface area contributed by atoms with Crippen LogP contribution in [0.3, 0.4) is 0 Å². The number of aliphatic hydroxyl groups excluding tert-OH is 1. The van der Waals surface area contributed by atoms with Gasteiger partial charge in [0.15, 0.2) is 0 Å². The van der Waals surface area contributed by atoms with Crippen molar-refractivity contribution >= 4 is 5.97 Å². The van der Waals surface area contributed by atoms with Crippen LogP contribution in [0.25, 0.3) is 0 Å². The predicted molar refractivity (Wildman–Crippen MR) is 46.4 cm³/mol. The van der Waals surface area contributed by atoms with Gasteiger partial charge in [0.05, 0.1) is 17.1 Å². The smallest absolute Gasteiger partial charge is 0.416 e. The summed E-state index contributed by atoms with van der Waals surface area (Å²) in [7, 11) is 0. The number of carbonyl (C=O) groups excluding carboxylic acids is 1. The zero-order valence-corrected chi connectivity index (χ0v) is 8.84. The molecule has 0 aliphatic heterocycles. The van der Waals surface area contributed by atoms with E-state index in [0.717, 1.165) is 0 Å². The molecule has 0 aliphatic rings. The molecule has 0 aromatic heterocycles. The van der Waals surface area contributed by atoms with Crippen molar-refractivity contribution in [3.63, 3.8) is 0 Å². The van der Waals surface area contributed by atoms with E-state index in [-0.39, 0.29) is 18.2 Å². The van der Waals surface area contributed by atoms with Crippen LogP contribution in [-0.2, 0) is 17.1 Å². The average Bonchev–Trinajstić information content (AvgIpc) is 2.24. The molecule has 0 heterocycles. The molecule has 0 fully saturated rings. The summed E-state index contributed by atoms with van der Waals surface area (Å²) >= 11 is 0. The molecule has 0 amide bonds. The highest BCUT2D eigenvalue weighted by Crippen LogP contribution is 2.37. The Labute approximate surface area is 102 Å². The van der Waals surface area contributed by atoms with Crippen molar-refractivity contribution < 1.29 is 41.4 Å². The molecule has 1 N–H and O–H groups in total. The summed E-state index contributed by atoms with van der Waals surface area (Å²) in [5, 5.41) is 19.3. The molecule has 1 aromatic rings. The van der Waals surface area contributed by atoms with Crippen LogP contribution in [0.5, 0.6) is 0 Å². The molecule has 0 unspecified atom stereocenters. The Morgan fingerprint density at radius 2 is 1.37 bits per heavy atom. The minimum Gasteiger partial charge on any atom is -0.547 e.